The van der Waals surface area contributed by atoms with Crippen molar-refractivity contribution < 1.29 is 4.79 Å². The first kappa shape index (κ1) is 11.9. The lowest BCUT2D eigenvalue weighted by Gasteiger charge is -2.22. The van der Waals surface area contributed by atoms with Crippen LogP contribution in [0.3, 0.4) is 0 Å². The lowest BCUT2D eigenvalue weighted by molar-refractivity contribution is -0.124. The van der Waals surface area contributed by atoms with Gasteiger partial charge in [-0.2, -0.15) is 0 Å². The molecule has 1 fully saturated rings. The Kier molecular flexibility index (Phi) is 4.33. The second kappa shape index (κ2) is 6.21. The van der Waals surface area contributed by atoms with Crippen LogP contribution in [0, 0.1) is 0 Å². The number of hydrogen-bond donors (Lipinski definition) is 2. The van der Waals surface area contributed by atoms with E-state index in [-0.39, 0.29) is 11.9 Å². The maximum absolute atomic E-state index is 11.5. The minimum atomic E-state index is -0.0239. The van der Waals surface area contributed by atoms with Gasteiger partial charge in [-0.15, -0.1) is 0 Å². The van der Waals surface area contributed by atoms with Gasteiger partial charge in [-0.1, -0.05) is 42.5 Å². The molecule has 0 bridgehead atoms. The smallest absolute Gasteiger partial charge is 0.237 e. The number of piperidine rings is 1. The molecule has 1 aromatic rings. The molecule has 1 heterocycles. The Morgan fingerprint density at radius 2 is 2.18 bits per heavy atom. The number of rotatable bonds is 4. The van der Waals surface area contributed by atoms with E-state index in [0.29, 0.717) is 0 Å². The lowest BCUT2D eigenvalue weighted by Crippen LogP contribution is -2.48. The Labute approximate surface area is 102 Å². The third-order valence-electron chi connectivity index (χ3n) is 2.88. The van der Waals surface area contributed by atoms with E-state index in [1.807, 2.05) is 18.2 Å². The van der Waals surface area contributed by atoms with Gasteiger partial charge in [0.05, 0.1) is 6.04 Å². The van der Waals surface area contributed by atoms with Gasteiger partial charge >= 0.3 is 0 Å². The summed E-state index contributed by atoms with van der Waals surface area (Å²) in [5, 5.41) is 6.11. The maximum Gasteiger partial charge on any atom is 0.237 e. The van der Waals surface area contributed by atoms with Crippen molar-refractivity contribution >= 4 is 12.0 Å². The predicted octanol–water partition coefficient (Wildman–Crippen LogP) is 1.57. The second-order valence-corrected chi connectivity index (χ2v) is 4.21. The molecule has 2 N–H and O–H groups in total. The highest BCUT2D eigenvalue weighted by molar-refractivity contribution is 5.82. The summed E-state index contributed by atoms with van der Waals surface area (Å²) >= 11 is 0. The van der Waals surface area contributed by atoms with E-state index in [1.165, 1.54) is 5.56 Å². The Hall–Kier alpha value is -1.61. The summed E-state index contributed by atoms with van der Waals surface area (Å²) in [6, 6.07) is 10.1. The molecule has 3 heteroatoms. The fraction of sp³-hybridized carbons (Fsp3) is 0.357. The number of hydrogen-bond acceptors (Lipinski definition) is 2. The minimum Gasteiger partial charge on any atom is -0.355 e. The van der Waals surface area contributed by atoms with Crippen LogP contribution in [-0.4, -0.2) is 25.0 Å². The van der Waals surface area contributed by atoms with Crippen LogP contribution in [0.25, 0.3) is 6.08 Å². The average Bonchev–Trinajstić information content (AvgIpc) is 2.38. The number of carbonyl (C=O) groups is 1. The largest absolute Gasteiger partial charge is 0.355 e. The van der Waals surface area contributed by atoms with Crippen LogP contribution in [0.15, 0.2) is 36.4 Å². The zero-order valence-electron chi connectivity index (χ0n) is 9.86. The van der Waals surface area contributed by atoms with Crippen molar-refractivity contribution in [3.63, 3.8) is 0 Å². The molecule has 0 radical (unpaired) electrons. The SMILES string of the molecule is O=C1NCCCC1NCC=Cc1ccccc1. The molecule has 90 valence electrons. The molecule has 1 aromatic carbocycles. The van der Waals surface area contributed by atoms with Crippen LogP contribution < -0.4 is 10.6 Å². The van der Waals surface area contributed by atoms with Gasteiger partial charge in [0.2, 0.25) is 5.91 Å². The Morgan fingerprint density at radius 1 is 1.35 bits per heavy atom. The first-order chi connectivity index (χ1) is 8.36. The van der Waals surface area contributed by atoms with E-state index in [4.69, 9.17) is 0 Å². The molecule has 1 amide bonds. The molecule has 0 aliphatic carbocycles. The van der Waals surface area contributed by atoms with E-state index in [9.17, 15) is 4.79 Å². The summed E-state index contributed by atoms with van der Waals surface area (Å²) in [7, 11) is 0. The normalized spacial score (nSPS) is 20.5. The van der Waals surface area contributed by atoms with E-state index >= 15 is 0 Å². The van der Waals surface area contributed by atoms with Crippen LogP contribution in [0.5, 0.6) is 0 Å². The molecule has 0 aromatic heterocycles. The van der Waals surface area contributed by atoms with Gasteiger partial charge in [-0.05, 0) is 18.4 Å². The number of benzene rings is 1. The molecule has 1 aliphatic rings. The van der Waals surface area contributed by atoms with Crippen molar-refractivity contribution in [1.82, 2.24) is 10.6 Å². The average molecular weight is 230 g/mol. The lowest BCUT2D eigenvalue weighted by atomic mass is 10.1. The first-order valence-electron chi connectivity index (χ1n) is 6.09. The topological polar surface area (TPSA) is 41.1 Å². The van der Waals surface area contributed by atoms with Gasteiger partial charge in [-0.3, -0.25) is 4.79 Å². The first-order valence-corrected chi connectivity index (χ1v) is 6.09. The Morgan fingerprint density at radius 3 is 2.94 bits per heavy atom. The van der Waals surface area contributed by atoms with Crippen LogP contribution in [0.1, 0.15) is 18.4 Å². The molecule has 0 spiro atoms. The number of carbonyl (C=O) groups excluding carboxylic acids is 1. The van der Waals surface area contributed by atoms with Gasteiger partial charge in [-0.25, -0.2) is 0 Å². The number of amides is 1. The van der Waals surface area contributed by atoms with Crippen LogP contribution in [-0.2, 0) is 4.79 Å². The molecule has 1 unspecified atom stereocenters. The molecule has 1 atom stereocenters. The standard InChI is InChI=1S/C14H18N2O/c17-14-13(9-5-11-16-14)15-10-4-8-12-6-2-1-3-7-12/h1-4,6-8,13,15H,5,9-11H2,(H,16,17). The molecular weight excluding hydrogens is 212 g/mol. The van der Waals surface area contributed by atoms with Crippen molar-refractivity contribution in [2.45, 2.75) is 18.9 Å². The second-order valence-electron chi connectivity index (χ2n) is 4.21. The molecule has 0 saturated carbocycles. The van der Waals surface area contributed by atoms with Crippen molar-refractivity contribution in [1.29, 1.82) is 0 Å². The summed E-state index contributed by atoms with van der Waals surface area (Å²) < 4.78 is 0. The van der Waals surface area contributed by atoms with Gasteiger partial charge in [0.25, 0.3) is 0 Å². The Bertz CT molecular complexity index is 386. The van der Waals surface area contributed by atoms with Crippen LogP contribution >= 0.6 is 0 Å². The molecular formula is C14H18N2O. The van der Waals surface area contributed by atoms with Crippen molar-refractivity contribution in [2.75, 3.05) is 13.1 Å². The fourth-order valence-electron chi connectivity index (χ4n) is 1.94. The van der Waals surface area contributed by atoms with Crippen LogP contribution in [0.4, 0.5) is 0 Å². The molecule has 3 nitrogen and oxygen atoms in total. The Balaban J connectivity index is 1.75. The van der Waals surface area contributed by atoms with Crippen molar-refractivity contribution in [3.8, 4) is 0 Å². The van der Waals surface area contributed by atoms with Crippen LogP contribution in [0.2, 0.25) is 0 Å². The highest BCUT2D eigenvalue weighted by Gasteiger charge is 2.19. The fourth-order valence-corrected chi connectivity index (χ4v) is 1.94. The van der Waals surface area contributed by atoms with E-state index in [1.54, 1.807) is 0 Å². The monoisotopic (exact) mass is 230 g/mol. The summed E-state index contributed by atoms with van der Waals surface area (Å²) in [4.78, 5) is 11.5. The summed E-state index contributed by atoms with van der Waals surface area (Å²) in [5.41, 5.74) is 1.18. The zero-order chi connectivity index (χ0) is 11.9. The van der Waals surface area contributed by atoms with Crippen molar-refractivity contribution in [2.24, 2.45) is 0 Å². The van der Waals surface area contributed by atoms with Crippen molar-refractivity contribution in [3.05, 3.63) is 42.0 Å². The van der Waals surface area contributed by atoms with Gasteiger partial charge in [0.15, 0.2) is 0 Å². The molecule has 1 saturated heterocycles. The van der Waals surface area contributed by atoms with Gasteiger partial charge in [0.1, 0.15) is 0 Å². The predicted molar refractivity (Wildman–Crippen MR) is 69.5 cm³/mol. The van der Waals surface area contributed by atoms with E-state index in [0.717, 1.165) is 25.9 Å². The number of nitrogens with one attached hydrogen (secondary N) is 2. The highest BCUT2D eigenvalue weighted by atomic mass is 16.2. The van der Waals surface area contributed by atoms with Gasteiger partial charge < -0.3 is 10.6 Å². The minimum absolute atomic E-state index is 0.0239. The molecule has 2 rings (SSSR count). The van der Waals surface area contributed by atoms with Gasteiger partial charge in [0, 0.05) is 13.1 Å². The van der Waals surface area contributed by atoms with E-state index < -0.39 is 0 Å². The third kappa shape index (κ3) is 3.71. The summed E-state index contributed by atoms with van der Waals surface area (Å²) in [6.07, 6.45) is 6.11. The quantitative estimate of drug-likeness (QED) is 0.824. The zero-order valence-corrected chi connectivity index (χ0v) is 9.86. The van der Waals surface area contributed by atoms with E-state index in [2.05, 4.69) is 34.9 Å². The highest BCUT2D eigenvalue weighted by Crippen LogP contribution is 2.03. The summed E-state index contributed by atoms with van der Waals surface area (Å²) in [5.74, 6) is 0.129. The maximum atomic E-state index is 11.5. The molecule has 1 aliphatic heterocycles. The molecule has 17 heavy (non-hydrogen) atoms. The summed E-state index contributed by atoms with van der Waals surface area (Å²) in [6.45, 7) is 1.55. The third-order valence-corrected chi connectivity index (χ3v) is 2.88.